The fourth-order valence-electron chi connectivity index (χ4n) is 1.80. The number of sulfonamides is 1. The van der Waals surface area contributed by atoms with Crippen LogP contribution in [-0.4, -0.2) is 31.6 Å². The van der Waals surface area contributed by atoms with E-state index in [9.17, 15) is 22.0 Å². The van der Waals surface area contributed by atoms with Crippen molar-refractivity contribution >= 4 is 15.8 Å². The molecule has 1 saturated heterocycles. The van der Waals surface area contributed by atoms with E-state index in [0.29, 0.717) is 18.9 Å². The Morgan fingerprint density at radius 3 is 2.50 bits per heavy atom. The van der Waals surface area contributed by atoms with Crippen LogP contribution >= 0.6 is 0 Å². The highest BCUT2D eigenvalue weighted by atomic mass is 32.2. The molecule has 18 heavy (non-hydrogen) atoms. The lowest BCUT2D eigenvalue weighted by Crippen LogP contribution is -2.40. The summed E-state index contributed by atoms with van der Waals surface area (Å²) in [4.78, 5) is 10.9. The first kappa shape index (κ1) is 13.1. The SMILES string of the molecule is O=C1CCCN(S(=O)(=O)c2ccc(F)c(F)c2)C1. The lowest BCUT2D eigenvalue weighted by Gasteiger charge is -2.25. The summed E-state index contributed by atoms with van der Waals surface area (Å²) >= 11 is 0. The van der Waals surface area contributed by atoms with Crippen LogP contribution in [0, 0.1) is 11.6 Å². The fraction of sp³-hybridized carbons (Fsp3) is 0.364. The van der Waals surface area contributed by atoms with Crippen LogP contribution in [0.5, 0.6) is 0 Å². The van der Waals surface area contributed by atoms with Crippen molar-refractivity contribution in [3.05, 3.63) is 29.8 Å². The average molecular weight is 275 g/mol. The molecule has 0 atom stereocenters. The van der Waals surface area contributed by atoms with Crippen molar-refractivity contribution in [3.63, 3.8) is 0 Å². The predicted octanol–water partition coefficient (Wildman–Crippen LogP) is 1.32. The molecule has 0 spiro atoms. The van der Waals surface area contributed by atoms with Crippen molar-refractivity contribution < 1.29 is 22.0 Å². The van der Waals surface area contributed by atoms with E-state index in [-0.39, 0.29) is 23.8 Å². The average Bonchev–Trinajstić information content (AvgIpc) is 2.32. The highest BCUT2D eigenvalue weighted by Gasteiger charge is 2.29. The molecule has 0 aromatic heterocycles. The maximum atomic E-state index is 13.0. The number of piperidine rings is 1. The highest BCUT2D eigenvalue weighted by molar-refractivity contribution is 7.89. The van der Waals surface area contributed by atoms with Crippen LogP contribution in [0.4, 0.5) is 8.78 Å². The molecule has 1 aromatic rings. The minimum Gasteiger partial charge on any atom is -0.298 e. The second kappa shape index (κ2) is 4.74. The predicted molar refractivity (Wildman–Crippen MR) is 59.4 cm³/mol. The second-order valence-corrected chi connectivity index (χ2v) is 5.99. The van der Waals surface area contributed by atoms with Crippen molar-refractivity contribution in [1.82, 2.24) is 4.31 Å². The normalized spacial score (nSPS) is 18.0. The molecule has 1 heterocycles. The molecule has 1 aromatic carbocycles. The first-order valence-electron chi connectivity index (χ1n) is 5.38. The van der Waals surface area contributed by atoms with Gasteiger partial charge in [-0.05, 0) is 24.6 Å². The lowest BCUT2D eigenvalue weighted by molar-refractivity contribution is -0.120. The summed E-state index contributed by atoms with van der Waals surface area (Å²) in [6.45, 7) is 0.00833. The van der Waals surface area contributed by atoms with E-state index in [1.54, 1.807) is 0 Å². The summed E-state index contributed by atoms with van der Waals surface area (Å²) in [5.74, 6) is -2.50. The molecule has 0 saturated carbocycles. The van der Waals surface area contributed by atoms with Crippen molar-refractivity contribution in [2.75, 3.05) is 13.1 Å². The lowest BCUT2D eigenvalue weighted by atomic mass is 10.1. The third kappa shape index (κ3) is 2.41. The van der Waals surface area contributed by atoms with Gasteiger partial charge in [0.05, 0.1) is 11.4 Å². The van der Waals surface area contributed by atoms with E-state index in [2.05, 4.69) is 0 Å². The van der Waals surface area contributed by atoms with Crippen molar-refractivity contribution in [2.24, 2.45) is 0 Å². The molecule has 4 nitrogen and oxygen atoms in total. The zero-order chi connectivity index (χ0) is 13.3. The number of rotatable bonds is 2. The van der Waals surface area contributed by atoms with Gasteiger partial charge in [0.1, 0.15) is 5.78 Å². The number of hydrogen-bond acceptors (Lipinski definition) is 3. The third-order valence-corrected chi connectivity index (χ3v) is 4.59. The number of nitrogens with zero attached hydrogens (tertiary/aromatic N) is 1. The van der Waals surface area contributed by atoms with E-state index in [4.69, 9.17) is 0 Å². The van der Waals surface area contributed by atoms with Gasteiger partial charge in [0.25, 0.3) is 0 Å². The Bertz CT molecular complexity index is 586. The first-order valence-corrected chi connectivity index (χ1v) is 6.82. The van der Waals surface area contributed by atoms with Gasteiger partial charge in [-0.15, -0.1) is 0 Å². The van der Waals surface area contributed by atoms with Gasteiger partial charge in [-0.3, -0.25) is 4.79 Å². The maximum absolute atomic E-state index is 13.0. The van der Waals surface area contributed by atoms with Crippen LogP contribution in [0.2, 0.25) is 0 Å². The molecular formula is C11H11F2NO3S. The topological polar surface area (TPSA) is 54.5 Å². The number of carbonyl (C=O) groups is 1. The Balaban J connectivity index is 2.35. The van der Waals surface area contributed by atoms with E-state index < -0.39 is 21.7 Å². The van der Waals surface area contributed by atoms with Crippen molar-refractivity contribution in [3.8, 4) is 0 Å². The molecular weight excluding hydrogens is 264 g/mol. The minimum absolute atomic E-state index is 0.174. The van der Waals surface area contributed by atoms with Crippen LogP contribution in [-0.2, 0) is 14.8 Å². The summed E-state index contributed by atoms with van der Waals surface area (Å²) in [6, 6.07) is 2.38. The minimum atomic E-state index is -3.93. The summed E-state index contributed by atoms with van der Waals surface area (Å²) in [7, 11) is -3.93. The molecule has 0 amide bonds. The van der Waals surface area contributed by atoms with Gasteiger partial charge >= 0.3 is 0 Å². The van der Waals surface area contributed by atoms with Gasteiger partial charge in [0.15, 0.2) is 11.6 Å². The standard InChI is InChI=1S/C11H11F2NO3S/c12-10-4-3-9(6-11(10)13)18(16,17)14-5-1-2-8(15)7-14/h3-4,6H,1-2,5,7H2. The second-order valence-electron chi connectivity index (χ2n) is 4.06. The molecule has 0 bridgehead atoms. The van der Waals surface area contributed by atoms with Crippen LogP contribution in [0.1, 0.15) is 12.8 Å². The summed E-state index contributed by atoms with van der Waals surface area (Å²) in [5, 5.41) is 0. The van der Waals surface area contributed by atoms with E-state index >= 15 is 0 Å². The van der Waals surface area contributed by atoms with Gasteiger partial charge in [0, 0.05) is 13.0 Å². The molecule has 0 unspecified atom stereocenters. The van der Waals surface area contributed by atoms with Gasteiger partial charge < -0.3 is 0 Å². The Morgan fingerprint density at radius 1 is 1.17 bits per heavy atom. The van der Waals surface area contributed by atoms with Crippen LogP contribution in [0.15, 0.2) is 23.1 Å². The number of benzene rings is 1. The van der Waals surface area contributed by atoms with Crippen LogP contribution in [0.3, 0.4) is 0 Å². The summed E-state index contributed by atoms with van der Waals surface area (Å²) < 4.78 is 50.9. The molecule has 0 radical (unpaired) electrons. The summed E-state index contributed by atoms with van der Waals surface area (Å²) in [5.41, 5.74) is 0. The summed E-state index contributed by atoms with van der Waals surface area (Å²) in [6.07, 6.45) is 0.797. The number of halogens is 2. The van der Waals surface area contributed by atoms with Gasteiger partial charge in [-0.2, -0.15) is 4.31 Å². The Morgan fingerprint density at radius 2 is 1.89 bits per heavy atom. The zero-order valence-electron chi connectivity index (χ0n) is 9.40. The molecule has 1 aliphatic heterocycles. The smallest absolute Gasteiger partial charge is 0.243 e. The van der Waals surface area contributed by atoms with Gasteiger partial charge in [0.2, 0.25) is 10.0 Å². The molecule has 2 rings (SSSR count). The monoisotopic (exact) mass is 275 g/mol. The van der Waals surface area contributed by atoms with E-state index in [0.717, 1.165) is 16.4 Å². The van der Waals surface area contributed by atoms with E-state index in [1.807, 2.05) is 0 Å². The van der Waals surface area contributed by atoms with Gasteiger partial charge in [-0.1, -0.05) is 0 Å². The number of hydrogen-bond donors (Lipinski definition) is 0. The highest BCUT2D eigenvalue weighted by Crippen LogP contribution is 2.20. The Hall–Kier alpha value is -1.34. The fourth-order valence-corrected chi connectivity index (χ4v) is 3.27. The quantitative estimate of drug-likeness (QED) is 0.818. The van der Waals surface area contributed by atoms with Crippen LogP contribution in [0.25, 0.3) is 0 Å². The number of ketones is 1. The zero-order valence-corrected chi connectivity index (χ0v) is 10.2. The number of Topliss-reactive ketones (excluding diaryl/α,β-unsaturated/α-hetero) is 1. The molecule has 98 valence electrons. The molecule has 1 fully saturated rings. The Labute approximate surface area is 103 Å². The van der Waals surface area contributed by atoms with Crippen molar-refractivity contribution in [2.45, 2.75) is 17.7 Å². The van der Waals surface area contributed by atoms with E-state index in [1.165, 1.54) is 0 Å². The number of carbonyl (C=O) groups excluding carboxylic acids is 1. The molecule has 0 N–H and O–H groups in total. The Kier molecular flexibility index (Phi) is 3.45. The first-order chi connectivity index (χ1) is 8.41. The third-order valence-electron chi connectivity index (χ3n) is 2.74. The largest absolute Gasteiger partial charge is 0.298 e. The molecule has 1 aliphatic rings. The maximum Gasteiger partial charge on any atom is 0.243 e. The van der Waals surface area contributed by atoms with Gasteiger partial charge in [-0.25, -0.2) is 17.2 Å². The molecule has 0 aliphatic carbocycles. The molecule has 7 heteroatoms. The van der Waals surface area contributed by atoms with Crippen molar-refractivity contribution in [1.29, 1.82) is 0 Å². The van der Waals surface area contributed by atoms with Crippen LogP contribution < -0.4 is 0 Å².